The molecule has 0 aliphatic heterocycles. The van der Waals surface area contributed by atoms with Crippen molar-refractivity contribution in [1.82, 2.24) is 0 Å². The fraction of sp³-hybridized carbons (Fsp3) is 0.333. The third kappa shape index (κ3) is 3.83. The first-order chi connectivity index (χ1) is 9.92. The second kappa shape index (κ2) is 7.24. The highest BCUT2D eigenvalue weighted by molar-refractivity contribution is 8.03. The first-order valence-electron chi connectivity index (χ1n) is 7.35. The van der Waals surface area contributed by atoms with E-state index in [-0.39, 0.29) is 0 Å². The van der Waals surface area contributed by atoms with Crippen LogP contribution in [0.5, 0.6) is 0 Å². The molecule has 0 heterocycles. The van der Waals surface area contributed by atoms with Crippen LogP contribution in [0.25, 0.3) is 0 Å². The summed E-state index contributed by atoms with van der Waals surface area (Å²) in [4.78, 5) is 2.83. The van der Waals surface area contributed by atoms with E-state index in [9.17, 15) is 0 Å². The Kier molecular flexibility index (Phi) is 5.10. The van der Waals surface area contributed by atoms with Gasteiger partial charge < -0.3 is 0 Å². The molecule has 0 radical (unpaired) electrons. The highest BCUT2D eigenvalue weighted by Gasteiger charge is 2.26. The maximum absolute atomic E-state index is 2.24. The van der Waals surface area contributed by atoms with Crippen LogP contribution in [0.15, 0.2) is 70.5 Å². The lowest BCUT2D eigenvalue weighted by molar-refractivity contribution is 0.527. The molecule has 0 amide bonds. The molecular weight excluding hydrogens is 280 g/mol. The molecule has 2 aromatic rings. The molecule has 0 N–H and O–H groups in total. The molecule has 2 aromatic carbocycles. The van der Waals surface area contributed by atoms with Gasteiger partial charge in [0.1, 0.15) is 0 Å². The lowest BCUT2D eigenvalue weighted by atomic mass is 10.00. The quantitative estimate of drug-likeness (QED) is 0.691. The van der Waals surface area contributed by atoms with Crippen LogP contribution < -0.4 is 0 Å². The van der Waals surface area contributed by atoms with Crippen LogP contribution in [0.3, 0.4) is 0 Å². The summed E-state index contributed by atoms with van der Waals surface area (Å²) in [6.07, 6.45) is 5.47. The van der Waals surface area contributed by atoms with Crippen LogP contribution >= 0.6 is 23.5 Å². The molecule has 0 aromatic heterocycles. The number of rotatable bonds is 4. The Balaban J connectivity index is 1.68. The second-order valence-corrected chi connectivity index (χ2v) is 7.85. The largest absolute Gasteiger partial charge is 0.122 e. The minimum absolute atomic E-state index is 0.747. The van der Waals surface area contributed by atoms with E-state index in [1.54, 1.807) is 0 Å². The van der Waals surface area contributed by atoms with Gasteiger partial charge in [-0.05, 0) is 37.1 Å². The van der Waals surface area contributed by atoms with E-state index in [0.717, 1.165) is 10.5 Å². The van der Waals surface area contributed by atoms with Crippen molar-refractivity contribution < 1.29 is 0 Å². The van der Waals surface area contributed by atoms with Crippen molar-refractivity contribution in [3.05, 3.63) is 60.7 Å². The van der Waals surface area contributed by atoms with Gasteiger partial charge in [-0.3, -0.25) is 0 Å². The van der Waals surface area contributed by atoms with Gasteiger partial charge in [-0.15, -0.1) is 23.5 Å². The Morgan fingerprint density at radius 2 is 1.00 bits per heavy atom. The third-order valence-corrected chi connectivity index (χ3v) is 6.70. The molecule has 1 aliphatic carbocycles. The lowest BCUT2D eigenvalue weighted by Gasteiger charge is -2.30. The monoisotopic (exact) mass is 300 g/mol. The summed E-state index contributed by atoms with van der Waals surface area (Å²) in [5, 5.41) is 1.49. The van der Waals surface area contributed by atoms with Gasteiger partial charge in [0.15, 0.2) is 0 Å². The van der Waals surface area contributed by atoms with Gasteiger partial charge in [0, 0.05) is 20.3 Å². The SMILES string of the molecule is c1ccc(S[C@H]2CCCC[C@@H]2Sc2ccccc2)cc1. The molecule has 1 fully saturated rings. The fourth-order valence-electron chi connectivity index (χ4n) is 2.68. The maximum atomic E-state index is 2.24. The average molecular weight is 300 g/mol. The van der Waals surface area contributed by atoms with Gasteiger partial charge in [-0.2, -0.15) is 0 Å². The van der Waals surface area contributed by atoms with Crippen molar-refractivity contribution in [2.75, 3.05) is 0 Å². The summed E-state index contributed by atoms with van der Waals surface area (Å²) in [6, 6.07) is 21.7. The maximum Gasteiger partial charge on any atom is 0.0217 e. The molecule has 0 unspecified atom stereocenters. The summed E-state index contributed by atoms with van der Waals surface area (Å²) in [5.41, 5.74) is 0. The van der Waals surface area contributed by atoms with Crippen LogP contribution in [0.4, 0.5) is 0 Å². The summed E-state index contributed by atoms with van der Waals surface area (Å²) in [6.45, 7) is 0. The molecule has 20 heavy (non-hydrogen) atoms. The minimum atomic E-state index is 0.747. The first-order valence-corrected chi connectivity index (χ1v) is 9.11. The minimum Gasteiger partial charge on any atom is -0.122 e. The van der Waals surface area contributed by atoms with Crippen molar-refractivity contribution in [2.24, 2.45) is 0 Å². The molecule has 1 aliphatic rings. The Bertz CT molecular complexity index is 460. The van der Waals surface area contributed by atoms with Gasteiger partial charge in [-0.1, -0.05) is 49.2 Å². The van der Waals surface area contributed by atoms with E-state index in [1.165, 1.54) is 35.5 Å². The molecule has 1 saturated carbocycles. The molecular formula is C18H20S2. The summed E-state index contributed by atoms with van der Waals surface area (Å²) in [5.74, 6) is 0. The van der Waals surface area contributed by atoms with Crippen LogP contribution in [-0.4, -0.2) is 10.5 Å². The predicted octanol–water partition coefficient (Wildman–Crippen LogP) is 5.88. The normalized spacial score (nSPS) is 22.6. The Labute approximate surface area is 130 Å². The van der Waals surface area contributed by atoms with E-state index >= 15 is 0 Å². The van der Waals surface area contributed by atoms with E-state index in [1.807, 2.05) is 0 Å². The number of hydrogen-bond donors (Lipinski definition) is 0. The predicted molar refractivity (Wildman–Crippen MR) is 90.6 cm³/mol. The van der Waals surface area contributed by atoms with Gasteiger partial charge in [-0.25, -0.2) is 0 Å². The smallest absolute Gasteiger partial charge is 0.0217 e. The van der Waals surface area contributed by atoms with Gasteiger partial charge in [0.2, 0.25) is 0 Å². The van der Waals surface area contributed by atoms with E-state index in [0.29, 0.717) is 0 Å². The van der Waals surface area contributed by atoms with Crippen molar-refractivity contribution in [1.29, 1.82) is 0 Å². The van der Waals surface area contributed by atoms with Crippen molar-refractivity contribution in [3.8, 4) is 0 Å². The molecule has 2 heteroatoms. The zero-order valence-electron chi connectivity index (χ0n) is 11.6. The van der Waals surface area contributed by atoms with Crippen LogP contribution in [0.1, 0.15) is 25.7 Å². The van der Waals surface area contributed by atoms with Crippen molar-refractivity contribution in [2.45, 2.75) is 46.0 Å². The van der Waals surface area contributed by atoms with Gasteiger partial charge in [0.25, 0.3) is 0 Å². The lowest BCUT2D eigenvalue weighted by Crippen LogP contribution is -2.24. The average Bonchev–Trinajstić information content (AvgIpc) is 2.51. The molecule has 3 rings (SSSR count). The summed E-state index contributed by atoms with van der Waals surface area (Å²) in [7, 11) is 0. The standard InChI is InChI=1S/C18H20S2/c1-3-9-15(10-4-1)19-17-13-7-8-14-18(17)20-16-11-5-2-6-12-16/h1-6,9-12,17-18H,7-8,13-14H2/t17-,18-/m0/s1. The second-order valence-electron chi connectivity index (χ2n) is 5.22. The number of benzene rings is 2. The summed E-state index contributed by atoms with van der Waals surface area (Å²) >= 11 is 4.14. The Morgan fingerprint density at radius 1 is 0.600 bits per heavy atom. The molecule has 0 nitrogen and oxygen atoms in total. The van der Waals surface area contributed by atoms with Crippen molar-refractivity contribution >= 4 is 23.5 Å². The molecule has 2 atom stereocenters. The Morgan fingerprint density at radius 3 is 1.40 bits per heavy atom. The van der Waals surface area contributed by atoms with E-state index in [2.05, 4.69) is 84.2 Å². The highest BCUT2D eigenvalue weighted by Crippen LogP contribution is 2.41. The number of thioether (sulfide) groups is 2. The number of hydrogen-bond acceptors (Lipinski definition) is 2. The molecule has 0 spiro atoms. The van der Waals surface area contributed by atoms with Gasteiger partial charge >= 0.3 is 0 Å². The Hall–Kier alpha value is -0.860. The highest BCUT2D eigenvalue weighted by atomic mass is 32.2. The van der Waals surface area contributed by atoms with E-state index in [4.69, 9.17) is 0 Å². The molecule has 0 saturated heterocycles. The zero-order valence-corrected chi connectivity index (χ0v) is 13.2. The fourth-order valence-corrected chi connectivity index (χ4v) is 5.49. The van der Waals surface area contributed by atoms with Crippen molar-refractivity contribution in [3.63, 3.8) is 0 Å². The summed E-state index contributed by atoms with van der Waals surface area (Å²) < 4.78 is 0. The van der Waals surface area contributed by atoms with Crippen LogP contribution in [-0.2, 0) is 0 Å². The van der Waals surface area contributed by atoms with Gasteiger partial charge in [0.05, 0.1) is 0 Å². The zero-order chi connectivity index (χ0) is 13.6. The molecule has 0 bridgehead atoms. The van der Waals surface area contributed by atoms with Crippen LogP contribution in [0, 0.1) is 0 Å². The first kappa shape index (κ1) is 14.1. The third-order valence-electron chi connectivity index (χ3n) is 3.70. The van der Waals surface area contributed by atoms with Crippen LogP contribution in [0.2, 0.25) is 0 Å². The topological polar surface area (TPSA) is 0 Å². The molecule has 104 valence electrons. The van der Waals surface area contributed by atoms with E-state index < -0.39 is 0 Å².